The van der Waals surface area contributed by atoms with E-state index >= 15 is 0 Å². The fourth-order valence-electron chi connectivity index (χ4n) is 1.90. The predicted octanol–water partition coefficient (Wildman–Crippen LogP) is 3.72. The fraction of sp³-hybridized carbons (Fsp3) is 0.250. The number of halogens is 1. The van der Waals surface area contributed by atoms with Crippen LogP contribution in [0.5, 0.6) is 0 Å². The average molecular weight is 251 g/mol. The number of rotatable bonds is 1. The molecule has 0 saturated heterocycles. The van der Waals surface area contributed by atoms with Gasteiger partial charge in [0.25, 0.3) is 5.69 Å². The molecule has 0 amide bonds. The molecule has 0 radical (unpaired) electrons. The Balaban J connectivity index is 3.04. The highest BCUT2D eigenvalue weighted by atomic mass is 35.5. The second kappa shape index (κ2) is 3.96. The summed E-state index contributed by atoms with van der Waals surface area (Å²) >= 11 is 6.04. The van der Waals surface area contributed by atoms with Crippen molar-refractivity contribution in [3.05, 3.63) is 44.1 Å². The Morgan fingerprint density at radius 2 is 1.88 bits per heavy atom. The quantitative estimate of drug-likeness (QED) is 0.572. The molecule has 0 atom stereocenters. The Bertz CT molecular complexity index is 638. The van der Waals surface area contributed by atoms with Gasteiger partial charge in [0.2, 0.25) is 0 Å². The predicted molar refractivity (Wildman–Crippen MR) is 67.6 cm³/mol. The van der Waals surface area contributed by atoms with E-state index in [-0.39, 0.29) is 5.69 Å². The lowest BCUT2D eigenvalue weighted by molar-refractivity contribution is -0.383. The summed E-state index contributed by atoms with van der Waals surface area (Å²) in [5.74, 6) is 0. The lowest BCUT2D eigenvalue weighted by atomic mass is 10.0. The van der Waals surface area contributed by atoms with Crippen LogP contribution in [0.25, 0.3) is 10.9 Å². The fourth-order valence-corrected chi connectivity index (χ4v) is 2.10. The maximum atomic E-state index is 11.0. The number of nitro benzene ring substituents is 1. The van der Waals surface area contributed by atoms with Crippen molar-refractivity contribution in [2.45, 2.75) is 20.8 Å². The molecule has 0 spiro atoms. The van der Waals surface area contributed by atoms with Gasteiger partial charge in [-0.2, -0.15) is 0 Å². The summed E-state index contributed by atoms with van der Waals surface area (Å²) in [6.07, 6.45) is 0. The van der Waals surface area contributed by atoms with Gasteiger partial charge in [-0.05, 0) is 38.0 Å². The zero-order chi connectivity index (χ0) is 12.7. The maximum absolute atomic E-state index is 11.0. The number of benzene rings is 1. The average Bonchev–Trinajstić information content (AvgIpc) is 2.27. The highest BCUT2D eigenvalue weighted by molar-refractivity contribution is 6.35. The van der Waals surface area contributed by atoms with Gasteiger partial charge in [0.15, 0.2) is 0 Å². The standard InChI is InChI=1S/C12H11ClN2O2/c1-6-7(2)11-10(15(16)17)5-4-9(13)12(11)14-8(6)3/h4-5H,1-3H3. The minimum absolute atomic E-state index is 0.0532. The summed E-state index contributed by atoms with van der Waals surface area (Å²) in [5, 5.41) is 12.0. The summed E-state index contributed by atoms with van der Waals surface area (Å²) in [6, 6.07) is 2.94. The van der Waals surface area contributed by atoms with Crippen LogP contribution in [0.3, 0.4) is 0 Å². The normalized spacial score (nSPS) is 10.8. The zero-order valence-corrected chi connectivity index (χ0v) is 10.5. The molecule has 0 aliphatic heterocycles. The van der Waals surface area contributed by atoms with E-state index in [0.29, 0.717) is 15.9 Å². The second-order valence-electron chi connectivity index (χ2n) is 3.99. The third-order valence-electron chi connectivity index (χ3n) is 3.06. The molecule has 1 aromatic carbocycles. The Morgan fingerprint density at radius 1 is 1.24 bits per heavy atom. The van der Waals surface area contributed by atoms with Gasteiger partial charge in [0.05, 0.1) is 20.8 Å². The summed E-state index contributed by atoms with van der Waals surface area (Å²) in [4.78, 5) is 15.0. The van der Waals surface area contributed by atoms with Crippen molar-refractivity contribution in [3.63, 3.8) is 0 Å². The van der Waals surface area contributed by atoms with Gasteiger partial charge in [-0.25, -0.2) is 0 Å². The van der Waals surface area contributed by atoms with Crippen LogP contribution in [0.4, 0.5) is 5.69 Å². The molecule has 0 aliphatic rings. The van der Waals surface area contributed by atoms with E-state index < -0.39 is 4.92 Å². The molecule has 88 valence electrons. The van der Waals surface area contributed by atoms with Gasteiger partial charge >= 0.3 is 0 Å². The van der Waals surface area contributed by atoms with Crippen LogP contribution in [-0.2, 0) is 0 Å². The minimum atomic E-state index is -0.401. The number of nitrogens with zero attached hydrogens (tertiary/aromatic N) is 2. The van der Waals surface area contributed by atoms with Crippen molar-refractivity contribution < 1.29 is 4.92 Å². The number of aryl methyl sites for hydroxylation is 2. The molecular weight excluding hydrogens is 240 g/mol. The van der Waals surface area contributed by atoms with Crippen molar-refractivity contribution in [1.29, 1.82) is 0 Å². The number of non-ortho nitro benzene ring substituents is 1. The summed E-state index contributed by atoms with van der Waals surface area (Å²) in [7, 11) is 0. The largest absolute Gasteiger partial charge is 0.279 e. The van der Waals surface area contributed by atoms with Gasteiger partial charge < -0.3 is 0 Å². The Kier molecular flexibility index (Phi) is 2.75. The molecule has 17 heavy (non-hydrogen) atoms. The van der Waals surface area contributed by atoms with E-state index in [1.807, 2.05) is 20.8 Å². The van der Waals surface area contributed by atoms with Gasteiger partial charge in [0, 0.05) is 11.8 Å². The van der Waals surface area contributed by atoms with Crippen LogP contribution in [0.1, 0.15) is 16.8 Å². The molecule has 0 aliphatic carbocycles. The number of nitro groups is 1. The summed E-state index contributed by atoms with van der Waals surface area (Å²) in [5.41, 5.74) is 3.22. The third kappa shape index (κ3) is 1.74. The third-order valence-corrected chi connectivity index (χ3v) is 3.37. The first-order valence-corrected chi connectivity index (χ1v) is 5.51. The van der Waals surface area contributed by atoms with Crippen molar-refractivity contribution in [2.75, 3.05) is 0 Å². The molecule has 0 fully saturated rings. The van der Waals surface area contributed by atoms with Gasteiger partial charge in [-0.15, -0.1) is 0 Å². The first-order valence-electron chi connectivity index (χ1n) is 5.14. The van der Waals surface area contributed by atoms with Crippen LogP contribution in [-0.4, -0.2) is 9.91 Å². The van der Waals surface area contributed by atoms with Crippen LogP contribution in [0.2, 0.25) is 5.02 Å². The molecule has 4 nitrogen and oxygen atoms in total. The molecule has 2 aromatic rings. The van der Waals surface area contributed by atoms with Crippen LogP contribution < -0.4 is 0 Å². The topological polar surface area (TPSA) is 56.0 Å². The number of aromatic nitrogens is 1. The van der Waals surface area contributed by atoms with Crippen molar-refractivity contribution in [2.24, 2.45) is 0 Å². The van der Waals surface area contributed by atoms with Crippen molar-refractivity contribution in [3.8, 4) is 0 Å². The molecule has 0 saturated carbocycles. The number of fused-ring (bicyclic) bond motifs is 1. The van der Waals surface area contributed by atoms with Gasteiger partial charge in [-0.3, -0.25) is 15.1 Å². The Labute approximate surface area is 103 Å². The highest BCUT2D eigenvalue weighted by Crippen LogP contribution is 2.34. The SMILES string of the molecule is Cc1nc2c(Cl)ccc([N+](=O)[O-])c2c(C)c1C. The molecule has 0 bridgehead atoms. The number of hydrogen-bond acceptors (Lipinski definition) is 3. The van der Waals surface area contributed by atoms with E-state index in [0.717, 1.165) is 16.8 Å². The lowest BCUT2D eigenvalue weighted by Gasteiger charge is -2.09. The lowest BCUT2D eigenvalue weighted by Crippen LogP contribution is -1.98. The van der Waals surface area contributed by atoms with Gasteiger partial charge in [-0.1, -0.05) is 11.6 Å². The molecule has 0 N–H and O–H groups in total. The molecule has 1 heterocycles. The molecule has 0 unspecified atom stereocenters. The molecule has 2 rings (SSSR count). The van der Waals surface area contributed by atoms with Gasteiger partial charge in [0.1, 0.15) is 0 Å². The van der Waals surface area contributed by atoms with Crippen molar-refractivity contribution in [1.82, 2.24) is 4.98 Å². The van der Waals surface area contributed by atoms with E-state index in [2.05, 4.69) is 4.98 Å². The van der Waals surface area contributed by atoms with E-state index in [4.69, 9.17) is 11.6 Å². The molecular formula is C12H11ClN2O2. The second-order valence-corrected chi connectivity index (χ2v) is 4.40. The van der Waals surface area contributed by atoms with E-state index in [9.17, 15) is 10.1 Å². The first-order chi connectivity index (χ1) is 7.93. The maximum Gasteiger partial charge on any atom is 0.279 e. The van der Waals surface area contributed by atoms with Crippen molar-refractivity contribution >= 4 is 28.2 Å². The number of hydrogen-bond donors (Lipinski definition) is 0. The smallest absolute Gasteiger partial charge is 0.258 e. The van der Waals surface area contributed by atoms with Crippen LogP contribution in [0, 0.1) is 30.9 Å². The highest BCUT2D eigenvalue weighted by Gasteiger charge is 2.19. The van der Waals surface area contributed by atoms with Crippen LogP contribution >= 0.6 is 11.6 Å². The molecule has 5 heteroatoms. The van der Waals surface area contributed by atoms with Crippen LogP contribution in [0.15, 0.2) is 12.1 Å². The number of pyridine rings is 1. The van der Waals surface area contributed by atoms with E-state index in [1.165, 1.54) is 12.1 Å². The Morgan fingerprint density at radius 3 is 2.47 bits per heavy atom. The minimum Gasteiger partial charge on any atom is -0.258 e. The monoisotopic (exact) mass is 250 g/mol. The van der Waals surface area contributed by atoms with E-state index in [1.54, 1.807) is 0 Å². The molecule has 1 aromatic heterocycles. The summed E-state index contributed by atoms with van der Waals surface area (Å²) in [6.45, 7) is 5.63. The Hall–Kier alpha value is -1.68. The summed E-state index contributed by atoms with van der Waals surface area (Å²) < 4.78 is 0. The first kappa shape index (κ1) is 11.8. The zero-order valence-electron chi connectivity index (χ0n) is 9.74.